The lowest BCUT2D eigenvalue weighted by Crippen LogP contribution is -2.27. The molecule has 104 valence electrons. The van der Waals surface area contributed by atoms with E-state index in [4.69, 9.17) is 17.0 Å². The standard InChI is InChI=1S/C16H18N2OS/c1-12-6-8-14(9-7-12)18-16(20)17-11-13-4-3-5-15(10-13)19-2/h3-10H,11H2,1-2H3,(H2,17,18,20). The van der Waals surface area contributed by atoms with Gasteiger partial charge in [0.1, 0.15) is 5.75 Å². The number of hydrogen-bond donors (Lipinski definition) is 2. The zero-order valence-corrected chi connectivity index (χ0v) is 12.5. The lowest BCUT2D eigenvalue weighted by molar-refractivity contribution is 0.414. The van der Waals surface area contributed by atoms with E-state index in [1.165, 1.54) is 5.56 Å². The van der Waals surface area contributed by atoms with Crippen LogP contribution < -0.4 is 15.4 Å². The molecule has 2 N–H and O–H groups in total. The SMILES string of the molecule is COc1cccc(CNC(=S)Nc2ccc(C)cc2)c1. The van der Waals surface area contributed by atoms with E-state index in [1.807, 2.05) is 48.5 Å². The number of anilines is 1. The molecule has 0 radical (unpaired) electrons. The first-order chi connectivity index (χ1) is 9.67. The van der Waals surface area contributed by atoms with Gasteiger partial charge >= 0.3 is 0 Å². The van der Waals surface area contributed by atoms with Gasteiger partial charge in [0.15, 0.2) is 5.11 Å². The second kappa shape index (κ2) is 6.91. The van der Waals surface area contributed by atoms with E-state index in [-0.39, 0.29) is 0 Å². The number of benzene rings is 2. The van der Waals surface area contributed by atoms with Crippen LogP contribution >= 0.6 is 12.2 Å². The Labute approximate surface area is 125 Å². The zero-order valence-electron chi connectivity index (χ0n) is 11.6. The Kier molecular flexibility index (Phi) is 4.96. The van der Waals surface area contributed by atoms with Crippen molar-refractivity contribution in [1.29, 1.82) is 0 Å². The predicted octanol–water partition coefficient (Wildman–Crippen LogP) is 3.49. The quantitative estimate of drug-likeness (QED) is 0.843. The molecule has 0 saturated carbocycles. The van der Waals surface area contributed by atoms with Crippen LogP contribution in [0.4, 0.5) is 5.69 Å². The van der Waals surface area contributed by atoms with Gasteiger partial charge in [-0.25, -0.2) is 0 Å². The lowest BCUT2D eigenvalue weighted by Gasteiger charge is -2.11. The van der Waals surface area contributed by atoms with Crippen molar-refractivity contribution >= 4 is 23.0 Å². The predicted molar refractivity (Wildman–Crippen MR) is 87.2 cm³/mol. The van der Waals surface area contributed by atoms with E-state index in [9.17, 15) is 0 Å². The molecule has 3 nitrogen and oxygen atoms in total. The van der Waals surface area contributed by atoms with Crippen LogP contribution in [0.1, 0.15) is 11.1 Å². The van der Waals surface area contributed by atoms with Crippen LogP contribution in [0.5, 0.6) is 5.75 Å². The van der Waals surface area contributed by atoms with E-state index < -0.39 is 0 Å². The molecule has 4 heteroatoms. The monoisotopic (exact) mass is 286 g/mol. The number of aryl methyl sites for hydroxylation is 1. The molecule has 0 bridgehead atoms. The van der Waals surface area contributed by atoms with Crippen molar-refractivity contribution in [3.8, 4) is 5.75 Å². The molecular weight excluding hydrogens is 268 g/mol. The fraction of sp³-hybridized carbons (Fsp3) is 0.188. The summed E-state index contributed by atoms with van der Waals surface area (Å²) in [6.45, 7) is 2.72. The summed E-state index contributed by atoms with van der Waals surface area (Å²) < 4.78 is 5.19. The maximum atomic E-state index is 5.28. The van der Waals surface area contributed by atoms with Crippen molar-refractivity contribution in [2.45, 2.75) is 13.5 Å². The molecule has 20 heavy (non-hydrogen) atoms. The van der Waals surface area contributed by atoms with Crippen molar-refractivity contribution in [1.82, 2.24) is 5.32 Å². The summed E-state index contributed by atoms with van der Waals surface area (Å²) in [6, 6.07) is 16.0. The van der Waals surface area contributed by atoms with Crippen molar-refractivity contribution in [2.75, 3.05) is 12.4 Å². The summed E-state index contributed by atoms with van der Waals surface area (Å²) >= 11 is 5.28. The van der Waals surface area contributed by atoms with E-state index in [0.29, 0.717) is 11.7 Å². The van der Waals surface area contributed by atoms with Crippen molar-refractivity contribution in [2.24, 2.45) is 0 Å². The van der Waals surface area contributed by atoms with Crippen LogP contribution in [-0.2, 0) is 6.54 Å². The summed E-state index contributed by atoms with van der Waals surface area (Å²) in [5.41, 5.74) is 3.34. The maximum Gasteiger partial charge on any atom is 0.171 e. The first kappa shape index (κ1) is 14.3. The first-order valence-corrected chi connectivity index (χ1v) is 6.82. The van der Waals surface area contributed by atoms with Gasteiger partial charge in [-0.15, -0.1) is 0 Å². The fourth-order valence-electron chi connectivity index (χ4n) is 1.78. The van der Waals surface area contributed by atoms with Crippen LogP contribution in [0.25, 0.3) is 0 Å². The van der Waals surface area contributed by atoms with Gasteiger partial charge in [0.05, 0.1) is 7.11 Å². The molecule has 2 aromatic carbocycles. The minimum Gasteiger partial charge on any atom is -0.497 e. The smallest absolute Gasteiger partial charge is 0.171 e. The zero-order chi connectivity index (χ0) is 14.4. The molecule has 0 saturated heterocycles. The topological polar surface area (TPSA) is 33.3 Å². The second-order valence-electron chi connectivity index (χ2n) is 4.53. The van der Waals surface area contributed by atoms with Gasteiger partial charge in [-0.1, -0.05) is 29.8 Å². The van der Waals surface area contributed by atoms with E-state index in [1.54, 1.807) is 7.11 Å². The Balaban J connectivity index is 1.87. The molecule has 0 amide bonds. The number of methoxy groups -OCH3 is 1. The second-order valence-corrected chi connectivity index (χ2v) is 4.93. The van der Waals surface area contributed by atoms with Gasteiger partial charge in [0.25, 0.3) is 0 Å². The van der Waals surface area contributed by atoms with Crippen LogP contribution in [0.15, 0.2) is 48.5 Å². The lowest BCUT2D eigenvalue weighted by atomic mass is 10.2. The Bertz CT molecular complexity index is 581. The highest BCUT2D eigenvalue weighted by molar-refractivity contribution is 7.80. The highest BCUT2D eigenvalue weighted by atomic mass is 32.1. The minimum absolute atomic E-state index is 0.608. The highest BCUT2D eigenvalue weighted by Gasteiger charge is 1.99. The van der Waals surface area contributed by atoms with E-state index in [0.717, 1.165) is 17.0 Å². The summed E-state index contributed by atoms with van der Waals surface area (Å²) in [5, 5.41) is 6.94. The Hall–Kier alpha value is -2.07. The van der Waals surface area contributed by atoms with Crippen LogP contribution in [0.2, 0.25) is 0 Å². The van der Waals surface area contributed by atoms with Gasteiger partial charge in [0.2, 0.25) is 0 Å². The summed E-state index contributed by atoms with van der Waals surface area (Å²) in [7, 11) is 1.66. The van der Waals surface area contributed by atoms with Gasteiger partial charge < -0.3 is 15.4 Å². The third-order valence-corrected chi connectivity index (χ3v) is 3.14. The molecule has 0 aliphatic rings. The first-order valence-electron chi connectivity index (χ1n) is 6.42. The molecular formula is C16H18N2OS. The maximum absolute atomic E-state index is 5.28. The van der Waals surface area contributed by atoms with Crippen LogP contribution in [-0.4, -0.2) is 12.2 Å². The molecule has 0 unspecified atom stereocenters. The largest absolute Gasteiger partial charge is 0.497 e. The number of rotatable bonds is 4. The van der Waals surface area contributed by atoms with Gasteiger partial charge in [0, 0.05) is 12.2 Å². The van der Waals surface area contributed by atoms with Crippen molar-refractivity contribution in [3.63, 3.8) is 0 Å². The molecule has 0 aliphatic heterocycles. The summed E-state index contributed by atoms with van der Waals surface area (Å²) in [4.78, 5) is 0. The fourth-order valence-corrected chi connectivity index (χ4v) is 1.97. The van der Waals surface area contributed by atoms with Gasteiger partial charge in [-0.05, 0) is 49.0 Å². The normalized spacial score (nSPS) is 9.90. The van der Waals surface area contributed by atoms with Gasteiger partial charge in [-0.3, -0.25) is 0 Å². The highest BCUT2D eigenvalue weighted by Crippen LogP contribution is 2.12. The molecule has 0 atom stereocenters. The average molecular weight is 286 g/mol. The molecule has 0 heterocycles. The summed E-state index contributed by atoms with van der Waals surface area (Å²) in [6.07, 6.45) is 0. The van der Waals surface area contributed by atoms with E-state index in [2.05, 4.69) is 17.6 Å². The summed E-state index contributed by atoms with van der Waals surface area (Å²) in [5.74, 6) is 0.849. The number of hydrogen-bond acceptors (Lipinski definition) is 2. The molecule has 2 aromatic rings. The van der Waals surface area contributed by atoms with Crippen molar-refractivity contribution in [3.05, 3.63) is 59.7 Å². The average Bonchev–Trinajstić information content (AvgIpc) is 2.48. The molecule has 0 spiro atoms. The Morgan fingerprint density at radius 2 is 1.90 bits per heavy atom. The van der Waals surface area contributed by atoms with E-state index >= 15 is 0 Å². The van der Waals surface area contributed by atoms with Crippen molar-refractivity contribution < 1.29 is 4.74 Å². The molecule has 0 aliphatic carbocycles. The molecule has 2 rings (SSSR count). The molecule has 0 fully saturated rings. The molecule has 0 aromatic heterocycles. The number of thiocarbonyl (C=S) groups is 1. The third-order valence-electron chi connectivity index (χ3n) is 2.90. The van der Waals surface area contributed by atoms with Crippen LogP contribution in [0.3, 0.4) is 0 Å². The third kappa shape index (κ3) is 4.24. The minimum atomic E-state index is 0.608. The van der Waals surface area contributed by atoms with Crippen LogP contribution in [0, 0.1) is 6.92 Å². The number of nitrogens with one attached hydrogen (secondary N) is 2. The number of ether oxygens (including phenoxy) is 1. The van der Waals surface area contributed by atoms with Gasteiger partial charge in [-0.2, -0.15) is 0 Å². The Morgan fingerprint density at radius 1 is 1.15 bits per heavy atom. The Morgan fingerprint density at radius 3 is 2.60 bits per heavy atom.